The second-order valence-corrected chi connectivity index (χ2v) is 6.85. The quantitative estimate of drug-likeness (QED) is 0.650. The van der Waals surface area contributed by atoms with Crippen LogP contribution in [0.3, 0.4) is 0 Å². The van der Waals surface area contributed by atoms with Crippen LogP contribution in [0.15, 0.2) is 22.6 Å². The lowest BCUT2D eigenvalue weighted by atomic mass is 10.3. The van der Waals surface area contributed by atoms with Gasteiger partial charge in [0.1, 0.15) is 28.1 Å². The third kappa shape index (κ3) is 4.72. The van der Waals surface area contributed by atoms with Crippen LogP contribution >= 0.6 is 0 Å². The molecule has 0 bridgehead atoms. The molecule has 2 amide bonds. The molecule has 9 heteroatoms. The van der Waals surface area contributed by atoms with Gasteiger partial charge in [0.25, 0.3) is 0 Å². The average molecular weight is 313 g/mol. The number of amides is 2. The molecular weight excluding hydrogens is 298 g/mol. The molecule has 1 aromatic rings. The number of imide groups is 1. The van der Waals surface area contributed by atoms with Crippen molar-refractivity contribution in [3.05, 3.63) is 23.9 Å². The number of aromatic nitrogens is 1. The van der Waals surface area contributed by atoms with Crippen LogP contribution in [0.25, 0.3) is 0 Å². The number of carboxylic acid groups (broad SMARTS) is 2. The first-order chi connectivity index (χ1) is 9.62. The summed E-state index contributed by atoms with van der Waals surface area (Å²) >= 11 is -1.49. The van der Waals surface area contributed by atoms with Crippen LogP contribution < -0.4 is 4.90 Å². The van der Waals surface area contributed by atoms with Gasteiger partial charge in [0.05, 0.1) is 5.69 Å². The Hall–Kier alpha value is -2.13. The Morgan fingerprint density at radius 2 is 1.90 bits per heavy atom. The highest BCUT2D eigenvalue weighted by molar-refractivity contribution is 7.91. The molecule has 1 aromatic heterocycles. The van der Waals surface area contributed by atoms with Crippen molar-refractivity contribution in [1.82, 2.24) is 4.98 Å². The van der Waals surface area contributed by atoms with E-state index in [2.05, 4.69) is 9.38 Å². The predicted octanol–water partition coefficient (Wildman–Crippen LogP) is 2.13. The molecule has 0 saturated heterocycles. The van der Waals surface area contributed by atoms with Crippen LogP contribution in [0.1, 0.15) is 26.5 Å². The van der Waals surface area contributed by atoms with Gasteiger partial charge in [-0.15, -0.1) is 0 Å². The summed E-state index contributed by atoms with van der Waals surface area (Å²) < 4.78 is 15.0. The Morgan fingerprint density at radius 1 is 1.33 bits per heavy atom. The smallest absolute Gasteiger partial charge is 0.422 e. The lowest BCUT2D eigenvalue weighted by Gasteiger charge is -2.17. The predicted molar refractivity (Wildman–Crippen MR) is 78.3 cm³/mol. The van der Waals surface area contributed by atoms with E-state index in [0.29, 0.717) is 0 Å². The molecule has 21 heavy (non-hydrogen) atoms. The van der Waals surface area contributed by atoms with Crippen molar-refractivity contribution in [2.45, 2.75) is 25.5 Å². The SMILES string of the molecule is CC(C)(C)[S@@+]([O-])/N=C/c1cccc(N(C(=O)O)C(=O)O)n1. The largest absolute Gasteiger partial charge is 0.591 e. The summed E-state index contributed by atoms with van der Waals surface area (Å²) in [5, 5.41) is 17.7. The van der Waals surface area contributed by atoms with Gasteiger partial charge >= 0.3 is 12.2 Å². The van der Waals surface area contributed by atoms with Crippen LogP contribution in [0, 0.1) is 0 Å². The van der Waals surface area contributed by atoms with E-state index in [9.17, 15) is 14.1 Å². The zero-order valence-corrected chi connectivity index (χ0v) is 12.5. The minimum Gasteiger partial charge on any atom is -0.591 e. The monoisotopic (exact) mass is 313 g/mol. The van der Waals surface area contributed by atoms with Gasteiger partial charge in [0.15, 0.2) is 0 Å². The molecule has 114 valence electrons. The lowest BCUT2D eigenvalue weighted by Crippen LogP contribution is -2.35. The molecule has 1 heterocycles. The summed E-state index contributed by atoms with van der Waals surface area (Å²) in [5.41, 5.74) is 0.206. The van der Waals surface area contributed by atoms with Gasteiger partial charge in [-0.25, -0.2) is 14.6 Å². The molecule has 0 radical (unpaired) electrons. The Kier molecular flexibility index (Phi) is 5.28. The van der Waals surface area contributed by atoms with E-state index in [1.54, 1.807) is 20.8 Å². The topological polar surface area (TPSA) is 126 Å². The van der Waals surface area contributed by atoms with E-state index < -0.39 is 28.3 Å². The fourth-order valence-corrected chi connectivity index (χ4v) is 1.69. The summed E-state index contributed by atoms with van der Waals surface area (Å²) in [6, 6.07) is 4.16. The summed E-state index contributed by atoms with van der Waals surface area (Å²) in [5.74, 6) is -0.277. The maximum absolute atomic E-state index is 11.8. The molecule has 0 aliphatic heterocycles. The first-order valence-electron chi connectivity index (χ1n) is 5.82. The maximum atomic E-state index is 11.8. The molecule has 0 aliphatic rings. The lowest BCUT2D eigenvalue weighted by molar-refractivity contribution is 0.184. The van der Waals surface area contributed by atoms with Gasteiger partial charge < -0.3 is 14.8 Å². The highest BCUT2D eigenvalue weighted by Crippen LogP contribution is 2.17. The van der Waals surface area contributed by atoms with Crippen molar-refractivity contribution in [2.75, 3.05) is 4.90 Å². The van der Waals surface area contributed by atoms with Gasteiger partial charge in [0.2, 0.25) is 0 Å². The van der Waals surface area contributed by atoms with Gasteiger partial charge in [-0.05, 0) is 32.9 Å². The number of carbonyl (C=O) groups is 2. The third-order valence-corrected chi connectivity index (χ3v) is 3.52. The fourth-order valence-electron chi connectivity index (χ4n) is 1.17. The number of pyridine rings is 1. The molecule has 0 aliphatic carbocycles. The minimum atomic E-state index is -1.66. The number of rotatable bonds is 3. The van der Waals surface area contributed by atoms with Crippen LogP contribution in [0.2, 0.25) is 0 Å². The molecule has 0 saturated carbocycles. The summed E-state index contributed by atoms with van der Waals surface area (Å²) in [7, 11) is 0. The summed E-state index contributed by atoms with van der Waals surface area (Å²) in [6.45, 7) is 5.25. The molecule has 1 atom stereocenters. The van der Waals surface area contributed by atoms with Gasteiger partial charge in [-0.3, -0.25) is 0 Å². The van der Waals surface area contributed by atoms with Gasteiger partial charge in [-0.2, -0.15) is 4.90 Å². The Morgan fingerprint density at radius 3 is 2.38 bits per heavy atom. The molecule has 0 aromatic carbocycles. The molecule has 8 nitrogen and oxygen atoms in total. The average Bonchev–Trinajstić information content (AvgIpc) is 2.34. The summed E-state index contributed by atoms with van der Waals surface area (Å²) in [4.78, 5) is 25.7. The van der Waals surface area contributed by atoms with Crippen molar-refractivity contribution in [3.8, 4) is 0 Å². The zero-order chi connectivity index (χ0) is 16.2. The van der Waals surface area contributed by atoms with E-state index in [-0.39, 0.29) is 16.4 Å². The number of hydrogen-bond donors (Lipinski definition) is 2. The van der Waals surface area contributed by atoms with Crippen molar-refractivity contribution >= 4 is 35.6 Å². The molecule has 2 N–H and O–H groups in total. The highest BCUT2D eigenvalue weighted by Gasteiger charge is 2.26. The van der Waals surface area contributed by atoms with E-state index in [1.165, 1.54) is 24.4 Å². The first-order valence-corrected chi connectivity index (χ1v) is 6.92. The van der Waals surface area contributed by atoms with E-state index in [4.69, 9.17) is 10.2 Å². The second kappa shape index (κ2) is 6.55. The molecule has 0 fully saturated rings. The van der Waals surface area contributed by atoms with Gasteiger partial charge in [-0.1, -0.05) is 10.5 Å². The second-order valence-electron chi connectivity index (χ2n) is 4.92. The maximum Gasteiger partial charge on any atom is 0.422 e. The number of nitrogens with zero attached hydrogens (tertiary/aromatic N) is 3. The van der Waals surface area contributed by atoms with Crippen molar-refractivity contribution < 1.29 is 24.4 Å². The van der Waals surface area contributed by atoms with E-state index >= 15 is 0 Å². The highest BCUT2D eigenvalue weighted by atomic mass is 32.2. The first kappa shape index (κ1) is 16.9. The van der Waals surface area contributed by atoms with Crippen LogP contribution in [-0.4, -0.2) is 42.9 Å². The van der Waals surface area contributed by atoms with E-state index in [0.717, 1.165) is 0 Å². The van der Waals surface area contributed by atoms with Gasteiger partial charge in [0, 0.05) is 0 Å². The molecule has 1 rings (SSSR count). The Balaban J connectivity index is 3.03. The van der Waals surface area contributed by atoms with Crippen molar-refractivity contribution in [1.29, 1.82) is 0 Å². The number of anilines is 1. The Labute approximate surface area is 124 Å². The van der Waals surface area contributed by atoms with Crippen molar-refractivity contribution in [2.24, 2.45) is 4.40 Å². The van der Waals surface area contributed by atoms with E-state index in [1.807, 2.05) is 0 Å². The Bertz CT molecular complexity index is 556. The normalized spacial score (nSPS) is 13.1. The fraction of sp³-hybridized carbons (Fsp3) is 0.333. The standard InChI is InChI=1S/C12H15N3O5S/c1-12(2,3)21(20)13-7-8-5-4-6-9(14-8)15(10(16)17)11(18)19/h4-7H,1-3H3,(H,16,17)(H,18,19)/b13-7+/t21-/m1/s1. The van der Waals surface area contributed by atoms with Crippen molar-refractivity contribution in [3.63, 3.8) is 0 Å². The van der Waals surface area contributed by atoms with Crippen LogP contribution in [0.5, 0.6) is 0 Å². The molecule has 0 spiro atoms. The molecular formula is C12H15N3O5S. The van der Waals surface area contributed by atoms with Crippen LogP contribution in [-0.2, 0) is 11.4 Å². The summed E-state index contributed by atoms with van der Waals surface area (Å²) in [6.07, 6.45) is -2.11. The third-order valence-electron chi connectivity index (χ3n) is 2.17. The molecule has 0 unspecified atom stereocenters. The van der Waals surface area contributed by atoms with Crippen LogP contribution in [0.4, 0.5) is 15.4 Å². The minimum absolute atomic E-state index is 0.0814. The number of hydrogen-bond acceptors (Lipinski definition) is 5. The zero-order valence-electron chi connectivity index (χ0n) is 11.7.